The summed E-state index contributed by atoms with van der Waals surface area (Å²) in [6.45, 7) is 4.31. The van der Waals surface area contributed by atoms with E-state index in [1.54, 1.807) is 0 Å². The van der Waals surface area contributed by atoms with Crippen LogP contribution in [-0.4, -0.2) is 6.54 Å². The second kappa shape index (κ2) is 4.95. The van der Waals surface area contributed by atoms with Crippen molar-refractivity contribution in [2.75, 3.05) is 6.54 Å². The topological polar surface area (TPSA) is 12.0 Å². The third kappa shape index (κ3) is 2.19. The van der Waals surface area contributed by atoms with E-state index in [9.17, 15) is 0 Å². The summed E-state index contributed by atoms with van der Waals surface area (Å²) in [5.41, 5.74) is 5.86. The summed E-state index contributed by atoms with van der Waals surface area (Å²) in [5, 5.41) is 3.53. The van der Waals surface area contributed by atoms with Crippen LogP contribution in [-0.2, 0) is 13.0 Å². The zero-order valence-corrected chi connectivity index (χ0v) is 10.8. The lowest BCUT2D eigenvalue weighted by molar-refractivity contribution is 0.538. The van der Waals surface area contributed by atoms with Gasteiger partial charge in [0, 0.05) is 19.0 Å². The van der Waals surface area contributed by atoms with Gasteiger partial charge in [0.1, 0.15) is 0 Å². The molecular weight excluding hydrogens is 218 g/mol. The van der Waals surface area contributed by atoms with Gasteiger partial charge in [-0.05, 0) is 35.6 Å². The molecule has 1 unspecified atom stereocenters. The van der Waals surface area contributed by atoms with Crippen LogP contribution in [0.4, 0.5) is 0 Å². The lowest BCUT2D eigenvalue weighted by Crippen LogP contribution is -2.29. The largest absolute Gasteiger partial charge is 0.312 e. The van der Waals surface area contributed by atoms with Gasteiger partial charge in [-0.15, -0.1) is 0 Å². The molecule has 0 bridgehead atoms. The summed E-state index contributed by atoms with van der Waals surface area (Å²) in [7, 11) is 0. The number of rotatable bonds is 2. The first-order valence-corrected chi connectivity index (χ1v) is 6.67. The molecule has 0 aromatic heterocycles. The van der Waals surface area contributed by atoms with E-state index in [0.717, 1.165) is 19.5 Å². The van der Waals surface area contributed by atoms with Gasteiger partial charge >= 0.3 is 0 Å². The molecule has 1 N–H and O–H groups in total. The van der Waals surface area contributed by atoms with Gasteiger partial charge < -0.3 is 5.32 Å². The Bertz CT molecular complexity index is 545. The standard InChI is InChI=1S/C17H19N/c1-13-6-2-3-7-14(13)10-16-12-18-11-15-8-4-5-9-17(15)16/h2-9,16,18H,10-12H2,1H3. The van der Waals surface area contributed by atoms with Crippen molar-refractivity contribution in [2.45, 2.75) is 25.8 Å². The molecule has 0 spiro atoms. The summed E-state index contributed by atoms with van der Waals surface area (Å²) in [6, 6.07) is 17.6. The average molecular weight is 237 g/mol. The van der Waals surface area contributed by atoms with Crippen molar-refractivity contribution in [3.8, 4) is 0 Å². The molecule has 0 aliphatic carbocycles. The van der Waals surface area contributed by atoms with Crippen LogP contribution in [0.25, 0.3) is 0 Å². The number of hydrogen-bond donors (Lipinski definition) is 1. The molecule has 1 aliphatic rings. The average Bonchev–Trinajstić information content (AvgIpc) is 2.42. The SMILES string of the molecule is Cc1ccccc1CC1CNCc2ccccc21. The fourth-order valence-corrected chi connectivity index (χ4v) is 2.87. The minimum atomic E-state index is 0.607. The first kappa shape index (κ1) is 11.5. The maximum absolute atomic E-state index is 3.53. The van der Waals surface area contributed by atoms with Crippen molar-refractivity contribution in [3.63, 3.8) is 0 Å². The van der Waals surface area contributed by atoms with Crippen LogP contribution in [0.2, 0.25) is 0 Å². The number of benzene rings is 2. The Kier molecular flexibility index (Phi) is 3.16. The second-order valence-corrected chi connectivity index (χ2v) is 5.16. The maximum atomic E-state index is 3.53. The van der Waals surface area contributed by atoms with Crippen LogP contribution in [0, 0.1) is 6.92 Å². The first-order chi connectivity index (χ1) is 8.84. The molecule has 2 aromatic rings. The molecular formula is C17H19N. The Balaban J connectivity index is 1.89. The highest BCUT2D eigenvalue weighted by Gasteiger charge is 2.19. The van der Waals surface area contributed by atoms with Crippen molar-refractivity contribution in [3.05, 3.63) is 70.8 Å². The third-order valence-electron chi connectivity index (χ3n) is 3.93. The zero-order chi connectivity index (χ0) is 12.4. The van der Waals surface area contributed by atoms with E-state index in [1.807, 2.05) is 0 Å². The molecule has 1 heterocycles. The van der Waals surface area contributed by atoms with Crippen LogP contribution < -0.4 is 5.32 Å². The highest BCUT2D eigenvalue weighted by Crippen LogP contribution is 2.27. The molecule has 1 aliphatic heterocycles. The molecule has 18 heavy (non-hydrogen) atoms. The quantitative estimate of drug-likeness (QED) is 0.844. The molecule has 1 heteroatoms. The number of fused-ring (bicyclic) bond motifs is 1. The Morgan fingerprint density at radius 2 is 1.83 bits per heavy atom. The van der Waals surface area contributed by atoms with E-state index in [0.29, 0.717) is 5.92 Å². The fourth-order valence-electron chi connectivity index (χ4n) is 2.87. The van der Waals surface area contributed by atoms with Gasteiger partial charge in [0.25, 0.3) is 0 Å². The van der Waals surface area contributed by atoms with Crippen molar-refractivity contribution in [1.29, 1.82) is 0 Å². The van der Waals surface area contributed by atoms with Crippen LogP contribution in [0.5, 0.6) is 0 Å². The summed E-state index contributed by atoms with van der Waals surface area (Å²) in [4.78, 5) is 0. The van der Waals surface area contributed by atoms with E-state index in [2.05, 4.69) is 60.8 Å². The molecule has 0 radical (unpaired) electrons. The van der Waals surface area contributed by atoms with Gasteiger partial charge in [0.15, 0.2) is 0 Å². The Morgan fingerprint density at radius 1 is 1.06 bits per heavy atom. The Morgan fingerprint density at radius 3 is 2.72 bits per heavy atom. The molecule has 0 amide bonds. The van der Waals surface area contributed by atoms with Gasteiger partial charge in [-0.2, -0.15) is 0 Å². The molecule has 1 nitrogen and oxygen atoms in total. The molecule has 92 valence electrons. The minimum Gasteiger partial charge on any atom is -0.312 e. The van der Waals surface area contributed by atoms with Crippen molar-refractivity contribution in [2.24, 2.45) is 0 Å². The Hall–Kier alpha value is -1.60. The summed E-state index contributed by atoms with van der Waals surface area (Å²) >= 11 is 0. The second-order valence-electron chi connectivity index (χ2n) is 5.16. The molecule has 3 rings (SSSR count). The third-order valence-corrected chi connectivity index (χ3v) is 3.93. The lowest BCUT2D eigenvalue weighted by atomic mass is 9.85. The van der Waals surface area contributed by atoms with Crippen molar-refractivity contribution < 1.29 is 0 Å². The maximum Gasteiger partial charge on any atom is 0.0208 e. The highest BCUT2D eigenvalue weighted by molar-refractivity contribution is 5.35. The molecule has 0 saturated heterocycles. The van der Waals surface area contributed by atoms with Gasteiger partial charge in [-0.1, -0.05) is 48.5 Å². The monoisotopic (exact) mass is 237 g/mol. The zero-order valence-electron chi connectivity index (χ0n) is 10.8. The van der Waals surface area contributed by atoms with Crippen LogP contribution in [0.3, 0.4) is 0 Å². The van der Waals surface area contributed by atoms with Crippen LogP contribution in [0.15, 0.2) is 48.5 Å². The van der Waals surface area contributed by atoms with Gasteiger partial charge in [-0.25, -0.2) is 0 Å². The van der Waals surface area contributed by atoms with E-state index >= 15 is 0 Å². The number of nitrogens with one attached hydrogen (secondary N) is 1. The van der Waals surface area contributed by atoms with E-state index in [1.165, 1.54) is 22.3 Å². The summed E-state index contributed by atoms with van der Waals surface area (Å²) < 4.78 is 0. The summed E-state index contributed by atoms with van der Waals surface area (Å²) in [5.74, 6) is 0.607. The highest BCUT2D eigenvalue weighted by atomic mass is 14.9. The smallest absolute Gasteiger partial charge is 0.0208 e. The fraction of sp³-hybridized carbons (Fsp3) is 0.294. The van der Waals surface area contributed by atoms with Crippen molar-refractivity contribution in [1.82, 2.24) is 5.32 Å². The van der Waals surface area contributed by atoms with E-state index < -0.39 is 0 Å². The minimum absolute atomic E-state index is 0.607. The molecule has 1 atom stereocenters. The summed E-state index contributed by atoms with van der Waals surface area (Å²) in [6.07, 6.45) is 1.14. The van der Waals surface area contributed by atoms with Gasteiger partial charge in [0.05, 0.1) is 0 Å². The normalized spacial score (nSPS) is 18.4. The van der Waals surface area contributed by atoms with E-state index in [4.69, 9.17) is 0 Å². The predicted octanol–water partition coefficient (Wildman–Crippen LogP) is 3.42. The first-order valence-electron chi connectivity index (χ1n) is 6.67. The van der Waals surface area contributed by atoms with Crippen LogP contribution >= 0.6 is 0 Å². The van der Waals surface area contributed by atoms with Gasteiger partial charge in [-0.3, -0.25) is 0 Å². The molecule has 2 aromatic carbocycles. The number of hydrogen-bond acceptors (Lipinski definition) is 1. The van der Waals surface area contributed by atoms with Gasteiger partial charge in [0.2, 0.25) is 0 Å². The molecule has 0 fully saturated rings. The van der Waals surface area contributed by atoms with Crippen LogP contribution in [0.1, 0.15) is 28.2 Å². The number of aryl methyl sites for hydroxylation is 1. The van der Waals surface area contributed by atoms with Crippen molar-refractivity contribution >= 4 is 0 Å². The molecule has 0 saturated carbocycles. The predicted molar refractivity (Wildman–Crippen MR) is 75.8 cm³/mol. The lowest BCUT2D eigenvalue weighted by Gasteiger charge is -2.27. The Labute approximate surface area is 109 Å². The van der Waals surface area contributed by atoms with E-state index in [-0.39, 0.29) is 0 Å².